The number of aliphatic hydroxyl groups excluding tert-OH is 1. The summed E-state index contributed by atoms with van der Waals surface area (Å²) in [6.07, 6.45) is 3.90. The second-order valence-electron chi connectivity index (χ2n) is 11.5. The zero-order valence-corrected chi connectivity index (χ0v) is 26.3. The third-order valence-corrected chi connectivity index (χ3v) is 8.75. The van der Waals surface area contributed by atoms with Crippen molar-refractivity contribution in [2.24, 2.45) is 7.05 Å². The number of anilines is 4. The number of rotatable bonds is 8. The molecule has 4 heterocycles. The number of carbonyl (C=O) groups excluding carboxylic acids is 2. The minimum Gasteiger partial charge on any atom is -0.392 e. The molecule has 11 nitrogen and oxygen atoms in total. The van der Waals surface area contributed by atoms with Gasteiger partial charge in [-0.2, -0.15) is 0 Å². The molecule has 6 rings (SSSR count). The van der Waals surface area contributed by atoms with Crippen molar-refractivity contribution in [3.05, 3.63) is 99.6 Å². The van der Waals surface area contributed by atoms with Crippen molar-refractivity contribution in [1.29, 1.82) is 0 Å². The van der Waals surface area contributed by atoms with E-state index in [-0.39, 0.29) is 29.7 Å². The number of hydrogen-bond donors (Lipinski definition) is 2. The predicted octanol–water partition coefficient (Wildman–Crippen LogP) is 3.81. The van der Waals surface area contributed by atoms with E-state index in [0.29, 0.717) is 78.6 Å². The summed E-state index contributed by atoms with van der Waals surface area (Å²) in [6.45, 7) is 5.24. The van der Waals surface area contributed by atoms with Crippen LogP contribution in [0.3, 0.4) is 0 Å². The summed E-state index contributed by atoms with van der Waals surface area (Å²) in [5, 5.41) is 13.7. The van der Waals surface area contributed by atoms with E-state index >= 15 is 0 Å². The van der Waals surface area contributed by atoms with Crippen LogP contribution in [0.2, 0.25) is 0 Å². The lowest BCUT2D eigenvalue weighted by Crippen LogP contribution is -2.40. The number of carbonyl (C=O) groups is 2. The topological polar surface area (TPSA) is 120 Å². The Labute approximate surface area is 267 Å². The second-order valence-corrected chi connectivity index (χ2v) is 11.5. The van der Waals surface area contributed by atoms with Crippen molar-refractivity contribution < 1.29 is 19.4 Å². The minimum absolute atomic E-state index is 0.108. The van der Waals surface area contributed by atoms with Crippen LogP contribution >= 0.6 is 0 Å². The lowest BCUT2D eigenvalue weighted by molar-refractivity contribution is 0.0302. The van der Waals surface area contributed by atoms with Gasteiger partial charge in [0.2, 0.25) is 0 Å². The summed E-state index contributed by atoms with van der Waals surface area (Å²) in [5.74, 6) is 0.194. The van der Waals surface area contributed by atoms with Crippen molar-refractivity contribution in [2.75, 3.05) is 61.6 Å². The molecule has 238 valence electrons. The first-order valence-corrected chi connectivity index (χ1v) is 15.5. The van der Waals surface area contributed by atoms with E-state index in [2.05, 4.69) is 28.2 Å². The summed E-state index contributed by atoms with van der Waals surface area (Å²) >= 11 is 0. The fourth-order valence-electron chi connectivity index (χ4n) is 6.02. The van der Waals surface area contributed by atoms with Crippen LogP contribution < -0.4 is 20.7 Å². The first-order valence-electron chi connectivity index (χ1n) is 15.5. The van der Waals surface area contributed by atoms with E-state index in [0.717, 1.165) is 17.8 Å². The first kappa shape index (κ1) is 31.0. The number of aliphatic hydroxyl groups is 1. The predicted molar refractivity (Wildman–Crippen MR) is 178 cm³/mol. The van der Waals surface area contributed by atoms with Crippen LogP contribution in [0.1, 0.15) is 38.8 Å². The molecule has 2 aromatic carbocycles. The third-order valence-electron chi connectivity index (χ3n) is 8.75. The summed E-state index contributed by atoms with van der Waals surface area (Å²) in [6, 6.07) is 16.6. The maximum Gasteiger partial charge on any atom is 0.274 e. The molecule has 2 N–H and O–H groups in total. The van der Waals surface area contributed by atoms with E-state index in [4.69, 9.17) is 4.74 Å². The molecule has 0 unspecified atom stereocenters. The maximum atomic E-state index is 13.7. The summed E-state index contributed by atoms with van der Waals surface area (Å²) in [7, 11) is 3.69. The van der Waals surface area contributed by atoms with Crippen molar-refractivity contribution in [2.45, 2.75) is 20.0 Å². The fourth-order valence-corrected chi connectivity index (χ4v) is 6.02. The number of nitrogens with zero attached hydrogens (tertiary/aromatic N) is 5. The molecule has 0 bridgehead atoms. The molecule has 0 saturated carbocycles. The van der Waals surface area contributed by atoms with Gasteiger partial charge in [-0.3, -0.25) is 14.4 Å². The molecule has 0 radical (unpaired) electrons. The van der Waals surface area contributed by atoms with Gasteiger partial charge in [-0.1, -0.05) is 12.1 Å². The van der Waals surface area contributed by atoms with Gasteiger partial charge in [0.15, 0.2) is 0 Å². The average molecular weight is 623 g/mol. The molecular formula is C35H38N6O5. The molecule has 46 heavy (non-hydrogen) atoms. The third kappa shape index (κ3) is 5.99. The molecule has 4 aromatic rings. The normalized spacial score (nSPS) is 14.7. The molecule has 0 spiro atoms. The van der Waals surface area contributed by atoms with Crippen molar-refractivity contribution in [1.82, 2.24) is 14.5 Å². The van der Waals surface area contributed by atoms with Gasteiger partial charge in [0, 0.05) is 75.0 Å². The zero-order valence-electron chi connectivity index (χ0n) is 26.3. The SMILES string of the molecule is CCN(C)c1ccc2c(c1)CCN(c1cccc(-c3cc(Nc4ccc(C(=O)N5CCOCC5)cn4)c(=O)n(C)c3)c1CO)C2=O. The van der Waals surface area contributed by atoms with Gasteiger partial charge >= 0.3 is 0 Å². The number of aromatic nitrogens is 2. The molecule has 2 aliphatic rings. The van der Waals surface area contributed by atoms with Crippen molar-refractivity contribution in [3.63, 3.8) is 0 Å². The van der Waals surface area contributed by atoms with Crippen LogP contribution in [0, 0.1) is 0 Å². The van der Waals surface area contributed by atoms with Crippen LogP contribution in [-0.4, -0.2) is 77.8 Å². The van der Waals surface area contributed by atoms with E-state index in [1.807, 2.05) is 37.4 Å². The van der Waals surface area contributed by atoms with Gasteiger partial charge in [0.25, 0.3) is 17.4 Å². The number of hydrogen-bond acceptors (Lipinski definition) is 8. The smallest absolute Gasteiger partial charge is 0.274 e. The summed E-state index contributed by atoms with van der Waals surface area (Å²) in [4.78, 5) is 49.7. The Hall–Kier alpha value is -5.00. The minimum atomic E-state index is -0.297. The molecule has 11 heteroatoms. The number of ether oxygens (including phenoxy) is 1. The highest BCUT2D eigenvalue weighted by Gasteiger charge is 2.28. The van der Waals surface area contributed by atoms with Gasteiger partial charge in [-0.05, 0) is 66.9 Å². The monoisotopic (exact) mass is 622 g/mol. The molecule has 2 aliphatic heterocycles. The Morgan fingerprint density at radius 2 is 1.85 bits per heavy atom. The van der Waals surface area contributed by atoms with Crippen molar-refractivity contribution >= 4 is 34.7 Å². The van der Waals surface area contributed by atoms with Crippen LogP contribution in [0.25, 0.3) is 11.1 Å². The largest absolute Gasteiger partial charge is 0.392 e. The molecule has 2 amide bonds. The maximum absolute atomic E-state index is 13.7. The Bertz CT molecular complexity index is 1830. The van der Waals surface area contributed by atoms with Crippen molar-refractivity contribution in [3.8, 4) is 11.1 Å². The highest BCUT2D eigenvalue weighted by Crippen LogP contribution is 2.35. The number of fused-ring (bicyclic) bond motifs is 1. The number of benzene rings is 2. The van der Waals surface area contributed by atoms with Gasteiger partial charge in [0.05, 0.1) is 31.1 Å². The highest BCUT2D eigenvalue weighted by atomic mass is 16.5. The molecule has 1 fully saturated rings. The number of morpholine rings is 1. The Kier molecular flexibility index (Phi) is 8.87. The lowest BCUT2D eigenvalue weighted by atomic mass is 9.94. The lowest BCUT2D eigenvalue weighted by Gasteiger charge is -2.31. The fraction of sp³-hybridized carbons (Fsp3) is 0.314. The van der Waals surface area contributed by atoms with Gasteiger partial charge in [-0.15, -0.1) is 0 Å². The molecule has 2 aromatic heterocycles. The first-order chi connectivity index (χ1) is 22.3. The van der Waals surface area contributed by atoms with Crippen LogP contribution in [0.15, 0.2) is 71.8 Å². The number of amides is 2. The van der Waals surface area contributed by atoms with E-state index in [1.165, 1.54) is 10.8 Å². The van der Waals surface area contributed by atoms with Gasteiger partial charge in [0.1, 0.15) is 11.5 Å². The van der Waals surface area contributed by atoms with E-state index in [9.17, 15) is 19.5 Å². The standard InChI is InChI=1S/C35H38N6O5/c1-4-38(2)26-9-10-28-23(18-26)12-13-41(34(28)44)31-7-5-6-27(29(31)22-42)25-19-30(35(45)39(3)21-25)37-32-11-8-24(20-36-32)33(43)40-14-16-46-17-15-40/h5-11,18-21,42H,4,12-17,22H2,1-3H3,(H,36,37). The van der Waals surface area contributed by atoms with Gasteiger partial charge < -0.3 is 34.4 Å². The van der Waals surface area contributed by atoms with Gasteiger partial charge in [-0.25, -0.2) is 4.98 Å². The van der Waals surface area contributed by atoms with Crippen LogP contribution in [-0.2, 0) is 24.8 Å². The molecule has 0 aliphatic carbocycles. The molecule has 0 atom stereocenters. The summed E-state index contributed by atoms with van der Waals surface area (Å²) in [5.41, 5.74) is 5.85. The van der Waals surface area contributed by atoms with Crippen LogP contribution in [0.5, 0.6) is 0 Å². The summed E-state index contributed by atoms with van der Waals surface area (Å²) < 4.78 is 6.80. The Morgan fingerprint density at radius 3 is 2.57 bits per heavy atom. The number of pyridine rings is 2. The average Bonchev–Trinajstić information content (AvgIpc) is 3.09. The van der Waals surface area contributed by atoms with Crippen LogP contribution in [0.4, 0.5) is 22.9 Å². The molecule has 1 saturated heterocycles. The quantitative estimate of drug-likeness (QED) is 0.305. The second kappa shape index (κ2) is 13.2. The highest BCUT2D eigenvalue weighted by molar-refractivity contribution is 6.09. The number of nitrogens with one attached hydrogen (secondary N) is 1. The van der Waals surface area contributed by atoms with E-state index in [1.54, 1.807) is 41.2 Å². The molecular weight excluding hydrogens is 584 g/mol. The Morgan fingerprint density at radius 1 is 1.04 bits per heavy atom. The zero-order chi connectivity index (χ0) is 32.4. The number of aryl methyl sites for hydroxylation is 1. The van der Waals surface area contributed by atoms with E-state index < -0.39 is 0 Å². The Balaban J connectivity index is 1.28.